The number of nitrogens with zero attached hydrogens (tertiary/aromatic N) is 6. The Morgan fingerprint density at radius 1 is 1.24 bits per heavy atom. The van der Waals surface area contributed by atoms with Gasteiger partial charge in [-0.3, -0.25) is 4.99 Å². The molecular weight excluding hydrogens is 525 g/mol. The van der Waals surface area contributed by atoms with Crippen molar-refractivity contribution in [3.8, 4) is 0 Å². The van der Waals surface area contributed by atoms with Gasteiger partial charge < -0.3 is 15.1 Å². The van der Waals surface area contributed by atoms with Crippen molar-refractivity contribution in [3.05, 3.63) is 5.82 Å². The number of halogens is 1. The molecule has 0 spiro atoms. The van der Waals surface area contributed by atoms with E-state index in [-0.39, 0.29) is 29.7 Å². The first kappa shape index (κ1) is 26.3. The zero-order valence-corrected chi connectivity index (χ0v) is 21.8. The molecule has 2 heterocycles. The third kappa shape index (κ3) is 7.79. The highest BCUT2D eigenvalue weighted by molar-refractivity contribution is 14.0. The lowest BCUT2D eigenvalue weighted by Crippen LogP contribution is -2.52. The number of nitrogens with one attached hydrogen (secondary N) is 1. The van der Waals surface area contributed by atoms with E-state index in [0.29, 0.717) is 19.5 Å². The predicted octanol–water partition coefficient (Wildman–Crippen LogP) is 1.48. The molecule has 0 atom stereocenters. The van der Waals surface area contributed by atoms with Crippen molar-refractivity contribution >= 4 is 56.6 Å². The molecule has 9 nitrogen and oxygen atoms in total. The second-order valence-corrected chi connectivity index (χ2v) is 9.73. The first-order valence-electron chi connectivity index (χ1n) is 9.96. The van der Waals surface area contributed by atoms with Crippen molar-refractivity contribution in [1.82, 2.24) is 23.9 Å². The van der Waals surface area contributed by atoms with Crippen LogP contribution in [-0.2, 0) is 16.4 Å². The van der Waals surface area contributed by atoms with E-state index in [1.54, 1.807) is 14.0 Å². The standard InChI is InChI=1S/C17H33N7O2S2.HI/c1-5-15-20-17(27-21-15)24-13-11-23(12-14-24)16(18-6-2)19-9-8-10-22(4)28(25,26)7-3;/h5-14H2,1-4H3,(H,18,19);1H. The summed E-state index contributed by atoms with van der Waals surface area (Å²) in [4.78, 5) is 13.8. The van der Waals surface area contributed by atoms with E-state index in [4.69, 9.17) is 4.99 Å². The molecule has 1 aliphatic heterocycles. The maximum atomic E-state index is 11.8. The van der Waals surface area contributed by atoms with Gasteiger partial charge in [-0.05, 0) is 20.3 Å². The van der Waals surface area contributed by atoms with Crippen LogP contribution in [0.3, 0.4) is 0 Å². The molecule has 0 aromatic carbocycles. The fourth-order valence-corrected chi connectivity index (χ4v) is 4.54. The lowest BCUT2D eigenvalue weighted by atomic mass is 10.3. The minimum absolute atomic E-state index is 0. The molecule has 2 rings (SSSR count). The molecule has 0 saturated carbocycles. The monoisotopic (exact) mass is 559 g/mol. The second kappa shape index (κ2) is 12.8. The number of aryl methyl sites for hydroxylation is 1. The Balaban J connectivity index is 0.00000420. The summed E-state index contributed by atoms with van der Waals surface area (Å²) in [5.41, 5.74) is 0. The van der Waals surface area contributed by atoms with Crippen molar-refractivity contribution in [2.75, 3.05) is 63.5 Å². The molecule has 0 radical (unpaired) electrons. The van der Waals surface area contributed by atoms with Crippen LogP contribution in [-0.4, -0.2) is 91.6 Å². The number of sulfonamides is 1. The van der Waals surface area contributed by atoms with Gasteiger partial charge in [-0.2, -0.15) is 4.37 Å². The molecular formula is C17H34IN7O2S2. The maximum Gasteiger partial charge on any atom is 0.213 e. The average molecular weight is 560 g/mol. The number of rotatable bonds is 9. The summed E-state index contributed by atoms with van der Waals surface area (Å²) < 4.78 is 29.4. The predicted molar refractivity (Wildman–Crippen MR) is 131 cm³/mol. The van der Waals surface area contributed by atoms with Crippen LogP contribution < -0.4 is 10.2 Å². The molecule has 168 valence electrons. The van der Waals surface area contributed by atoms with Gasteiger partial charge >= 0.3 is 0 Å². The molecule has 1 aromatic rings. The van der Waals surface area contributed by atoms with Crippen molar-refractivity contribution < 1.29 is 8.42 Å². The zero-order chi connectivity index (χ0) is 20.6. The van der Waals surface area contributed by atoms with Gasteiger partial charge in [0.1, 0.15) is 5.82 Å². The smallest absolute Gasteiger partial charge is 0.213 e. The average Bonchev–Trinajstić information content (AvgIpc) is 3.19. The van der Waals surface area contributed by atoms with E-state index >= 15 is 0 Å². The summed E-state index contributed by atoms with van der Waals surface area (Å²) in [6.45, 7) is 11.2. The maximum absolute atomic E-state index is 11.8. The first-order chi connectivity index (χ1) is 13.4. The van der Waals surface area contributed by atoms with Gasteiger partial charge in [0.05, 0.1) is 5.75 Å². The summed E-state index contributed by atoms with van der Waals surface area (Å²) >= 11 is 1.47. The Hall–Kier alpha value is -0.730. The minimum atomic E-state index is -3.12. The lowest BCUT2D eigenvalue weighted by Gasteiger charge is -2.36. The number of aliphatic imine (C=N–C) groups is 1. The van der Waals surface area contributed by atoms with Crippen LogP contribution in [0.4, 0.5) is 5.13 Å². The normalized spacial score (nSPS) is 15.6. The zero-order valence-electron chi connectivity index (χ0n) is 17.8. The molecule has 0 aliphatic carbocycles. The van der Waals surface area contributed by atoms with Gasteiger partial charge in [-0.15, -0.1) is 24.0 Å². The molecule has 1 fully saturated rings. The Morgan fingerprint density at radius 2 is 1.93 bits per heavy atom. The van der Waals surface area contributed by atoms with Crippen LogP contribution in [0.15, 0.2) is 4.99 Å². The molecule has 0 unspecified atom stereocenters. The van der Waals surface area contributed by atoms with Crippen LogP contribution in [0, 0.1) is 0 Å². The quantitative estimate of drug-likeness (QED) is 0.212. The highest BCUT2D eigenvalue weighted by atomic mass is 127. The Labute approximate surface area is 196 Å². The second-order valence-electron chi connectivity index (χ2n) is 6.63. The largest absolute Gasteiger partial charge is 0.357 e. The molecule has 1 saturated heterocycles. The Morgan fingerprint density at radius 3 is 2.48 bits per heavy atom. The Kier molecular flexibility index (Phi) is 11.7. The van der Waals surface area contributed by atoms with Gasteiger partial charge in [-0.1, -0.05) is 6.92 Å². The summed E-state index contributed by atoms with van der Waals surface area (Å²) in [6.07, 6.45) is 1.57. The molecule has 1 N–H and O–H groups in total. The van der Waals surface area contributed by atoms with Crippen LogP contribution in [0.5, 0.6) is 0 Å². The van der Waals surface area contributed by atoms with Crippen molar-refractivity contribution in [1.29, 1.82) is 0 Å². The van der Waals surface area contributed by atoms with Crippen LogP contribution in [0.2, 0.25) is 0 Å². The first-order valence-corrected chi connectivity index (χ1v) is 12.3. The van der Waals surface area contributed by atoms with Gasteiger partial charge in [0.15, 0.2) is 5.96 Å². The van der Waals surface area contributed by atoms with E-state index in [0.717, 1.165) is 56.1 Å². The molecule has 0 amide bonds. The van der Waals surface area contributed by atoms with Crippen LogP contribution in [0.1, 0.15) is 33.0 Å². The topological polar surface area (TPSA) is 94.0 Å². The van der Waals surface area contributed by atoms with Crippen molar-refractivity contribution in [2.24, 2.45) is 4.99 Å². The van der Waals surface area contributed by atoms with E-state index in [9.17, 15) is 8.42 Å². The Bertz CT molecular complexity index is 734. The number of hydrogen-bond acceptors (Lipinski definition) is 7. The van der Waals surface area contributed by atoms with Gasteiger partial charge in [0.2, 0.25) is 15.2 Å². The van der Waals surface area contributed by atoms with E-state index < -0.39 is 10.0 Å². The highest BCUT2D eigenvalue weighted by Crippen LogP contribution is 2.19. The summed E-state index contributed by atoms with van der Waals surface area (Å²) in [6, 6.07) is 0. The number of aromatic nitrogens is 2. The molecule has 12 heteroatoms. The summed E-state index contributed by atoms with van der Waals surface area (Å²) in [5, 5.41) is 4.35. The van der Waals surface area contributed by atoms with E-state index in [1.165, 1.54) is 15.8 Å². The number of anilines is 1. The molecule has 1 aliphatic rings. The number of hydrogen-bond donors (Lipinski definition) is 1. The number of guanidine groups is 1. The van der Waals surface area contributed by atoms with E-state index in [1.807, 2.05) is 0 Å². The molecule has 29 heavy (non-hydrogen) atoms. The molecule has 1 aromatic heterocycles. The van der Waals surface area contributed by atoms with Gasteiger partial charge in [0, 0.05) is 70.8 Å². The minimum Gasteiger partial charge on any atom is -0.357 e. The van der Waals surface area contributed by atoms with E-state index in [2.05, 4.69) is 38.3 Å². The fourth-order valence-electron chi connectivity index (χ4n) is 2.89. The summed E-state index contributed by atoms with van der Waals surface area (Å²) in [5.74, 6) is 1.94. The van der Waals surface area contributed by atoms with Crippen molar-refractivity contribution in [3.63, 3.8) is 0 Å². The van der Waals surface area contributed by atoms with Gasteiger partial charge in [0.25, 0.3) is 0 Å². The highest BCUT2D eigenvalue weighted by Gasteiger charge is 2.22. The number of piperazine rings is 1. The molecule has 0 bridgehead atoms. The lowest BCUT2D eigenvalue weighted by molar-refractivity contribution is 0.372. The third-order valence-corrected chi connectivity index (χ3v) is 7.37. The fraction of sp³-hybridized carbons (Fsp3) is 0.824. The van der Waals surface area contributed by atoms with Crippen molar-refractivity contribution in [2.45, 2.75) is 33.6 Å². The van der Waals surface area contributed by atoms with Crippen LogP contribution >= 0.6 is 35.5 Å². The third-order valence-electron chi connectivity index (χ3n) is 4.69. The van der Waals surface area contributed by atoms with Crippen LogP contribution in [0.25, 0.3) is 0 Å². The SMILES string of the molecule is CCNC(=NCCCN(C)S(=O)(=O)CC)N1CCN(c2nc(CC)ns2)CC1.I. The summed E-state index contributed by atoms with van der Waals surface area (Å²) in [7, 11) is -1.49. The van der Waals surface area contributed by atoms with Gasteiger partial charge in [-0.25, -0.2) is 17.7 Å².